The van der Waals surface area contributed by atoms with Gasteiger partial charge in [0, 0.05) is 30.0 Å². The number of methoxy groups -OCH3 is 1. The van der Waals surface area contributed by atoms with Crippen molar-refractivity contribution in [3.63, 3.8) is 0 Å². The Labute approximate surface area is 159 Å². The number of aromatic nitrogens is 1. The van der Waals surface area contributed by atoms with Crippen molar-refractivity contribution in [1.82, 2.24) is 9.88 Å². The van der Waals surface area contributed by atoms with Crippen LogP contribution in [0.2, 0.25) is 0 Å². The van der Waals surface area contributed by atoms with Crippen LogP contribution >= 0.6 is 0 Å². The normalized spacial score (nSPS) is 16.7. The summed E-state index contributed by atoms with van der Waals surface area (Å²) in [7, 11) is 1.59. The number of carbonyl (C=O) groups is 2. The maximum atomic E-state index is 12.9. The number of hydrogen-bond donors (Lipinski definition) is 1. The Hall–Kier alpha value is -2.89. The van der Waals surface area contributed by atoms with E-state index in [1.807, 2.05) is 4.90 Å². The molecule has 2 aromatic rings. The number of benzene rings is 1. The van der Waals surface area contributed by atoms with Crippen molar-refractivity contribution in [3.05, 3.63) is 53.9 Å². The largest absolute Gasteiger partial charge is 0.497 e. The molecule has 1 aliphatic rings. The zero-order valence-electron chi connectivity index (χ0n) is 15.8. The zero-order chi connectivity index (χ0) is 19.2. The fourth-order valence-corrected chi connectivity index (χ4v) is 3.41. The fraction of sp³-hybridized carbons (Fsp3) is 0.381. The maximum absolute atomic E-state index is 12.9. The standard InChI is InChI=1S/C21H25N3O3/c1-3-17-6-4-5-13-24(17)21(26)19-14-15(11-12-22-19)20(25)23-16-7-9-18(27-2)10-8-16/h7-12,14,17H,3-6,13H2,1-2H3,(H,23,25). The zero-order valence-corrected chi connectivity index (χ0v) is 15.8. The van der Waals surface area contributed by atoms with E-state index in [9.17, 15) is 9.59 Å². The van der Waals surface area contributed by atoms with Gasteiger partial charge in [-0.1, -0.05) is 6.92 Å². The molecule has 142 valence electrons. The molecule has 0 bridgehead atoms. The predicted octanol–water partition coefficient (Wildman–Crippen LogP) is 3.75. The molecule has 1 N–H and O–H groups in total. The summed E-state index contributed by atoms with van der Waals surface area (Å²) in [5.41, 5.74) is 1.39. The Balaban J connectivity index is 1.73. The van der Waals surface area contributed by atoms with Gasteiger partial charge in [-0.25, -0.2) is 0 Å². The number of ether oxygens (including phenoxy) is 1. The van der Waals surface area contributed by atoms with Gasteiger partial charge in [0.25, 0.3) is 11.8 Å². The summed E-state index contributed by atoms with van der Waals surface area (Å²) >= 11 is 0. The molecular weight excluding hydrogens is 342 g/mol. The summed E-state index contributed by atoms with van der Waals surface area (Å²) in [5.74, 6) is 0.347. The number of nitrogens with zero attached hydrogens (tertiary/aromatic N) is 2. The quantitative estimate of drug-likeness (QED) is 0.874. The minimum Gasteiger partial charge on any atom is -0.497 e. The van der Waals surface area contributed by atoms with E-state index >= 15 is 0 Å². The molecule has 1 saturated heterocycles. The second-order valence-corrected chi connectivity index (χ2v) is 6.67. The second kappa shape index (κ2) is 8.66. The van der Waals surface area contributed by atoms with Crippen molar-refractivity contribution in [2.24, 2.45) is 0 Å². The lowest BCUT2D eigenvalue weighted by atomic mass is 9.99. The van der Waals surface area contributed by atoms with Gasteiger partial charge in [-0.2, -0.15) is 0 Å². The highest BCUT2D eigenvalue weighted by atomic mass is 16.5. The lowest BCUT2D eigenvalue weighted by Crippen LogP contribution is -2.43. The van der Waals surface area contributed by atoms with Crippen LogP contribution in [0.25, 0.3) is 0 Å². The van der Waals surface area contributed by atoms with E-state index in [-0.39, 0.29) is 17.9 Å². The molecule has 0 spiro atoms. The van der Waals surface area contributed by atoms with Crippen molar-refractivity contribution >= 4 is 17.5 Å². The molecular formula is C21H25N3O3. The van der Waals surface area contributed by atoms with Gasteiger partial charge in [0.15, 0.2) is 0 Å². The third-order valence-electron chi connectivity index (χ3n) is 4.95. The summed E-state index contributed by atoms with van der Waals surface area (Å²) in [4.78, 5) is 31.5. The van der Waals surface area contributed by atoms with Crippen molar-refractivity contribution < 1.29 is 14.3 Å². The highest BCUT2D eigenvalue weighted by molar-refractivity contribution is 6.05. The first-order valence-corrected chi connectivity index (χ1v) is 9.34. The van der Waals surface area contributed by atoms with Crippen LogP contribution in [-0.4, -0.2) is 41.4 Å². The third kappa shape index (κ3) is 4.45. The summed E-state index contributed by atoms with van der Waals surface area (Å²) < 4.78 is 5.11. The van der Waals surface area contributed by atoms with Crippen molar-refractivity contribution in [1.29, 1.82) is 0 Å². The Morgan fingerprint density at radius 2 is 2.00 bits per heavy atom. The molecule has 6 nitrogen and oxygen atoms in total. The van der Waals surface area contributed by atoms with E-state index in [1.54, 1.807) is 43.5 Å². The van der Waals surface area contributed by atoms with Crippen LogP contribution in [0.3, 0.4) is 0 Å². The van der Waals surface area contributed by atoms with E-state index in [4.69, 9.17) is 4.74 Å². The van der Waals surface area contributed by atoms with Gasteiger partial charge in [0.2, 0.25) is 0 Å². The SMILES string of the molecule is CCC1CCCCN1C(=O)c1cc(C(=O)Nc2ccc(OC)cc2)ccn1. The molecule has 1 aromatic heterocycles. The molecule has 2 amide bonds. The van der Waals surface area contributed by atoms with Crippen LogP contribution in [-0.2, 0) is 0 Å². The minimum atomic E-state index is -0.276. The Morgan fingerprint density at radius 1 is 1.22 bits per heavy atom. The molecule has 1 aliphatic heterocycles. The number of anilines is 1. The van der Waals surface area contributed by atoms with Gasteiger partial charge < -0.3 is 15.0 Å². The minimum absolute atomic E-state index is 0.0966. The smallest absolute Gasteiger partial charge is 0.272 e. The molecule has 27 heavy (non-hydrogen) atoms. The van der Waals surface area contributed by atoms with Gasteiger partial charge >= 0.3 is 0 Å². The van der Waals surface area contributed by atoms with Crippen LogP contribution in [0.5, 0.6) is 5.75 Å². The van der Waals surface area contributed by atoms with E-state index in [1.165, 1.54) is 6.20 Å². The molecule has 1 unspecified atom stereocenters. The van der Waals surface area contributed by atoms with Gasteiger partial charge in [-0.3, -0.25) is 14.6 Å². The number of carbonyl (C=O) groups excluding carboxylic acids is 2. The Morgan fingerprint density at radius 3 is 2.70 bits per heavy atom. The molecule has 6 heteroatoms. The number of likely N-dealkylation sites (tertiary alicyclic amines) is 1. The first-order valence-electron chi connectivity index (χ1n) is 9.34. The van der Waals surface area contributed by atoms with Crippen molar-refractivity contribution in [3.8, 4) is 5.75 Å². The lowest BCUT2D eigenvalue weighted by Gasteiger charge is -2.35. The van der Waals surface area contributed by atoms with Gasteiger partial charge in [-0.15, -0.1) is 0 Å². The number of amides is 2. The number of hydrogen-bond acceptors (Lipinski definition) is 4. The predicted molar refractivity (Wildman–Crippen MR) is 104 cm³/mol. The number of piperidine rings is 1. The average molecular weight is 367 g/mol. The van der Waals surface area contributed by atoms with Crippen molar-refractivity contribution in [2.75, 3.05) is 19.0 Å². The second-order valence-electron chi connectivity index (χ2n) is 6.67. The lowest BCUT2D eigenvalue weighted by molar-refractivity contribution is 0.0602. The van der Waals surface area contributed by atoms with Crippen LogP contribution in [0.4, 0.5) is 5.69 Å². The highest BCUT2D eigenvalue weighted by Gasteiger charge is 2.27. The molecule has 0 saturated carbocycles. The summed E-state index contributed by atoms with van der Waals surface area (Å²) in [6.45, 7) is 2.85. The van der Waals surface area contributed by atoms with Crippen LogP contribution < -0.4 is 10.1 Å². The van der Waals surface area contributed by atoms with Crippen molar-refractivity contribution in [2.45, 2.75) is 38.6 Å². The van der Waals surface area contributed by atoms with Crippen LogP contribution in [0.15, 0.2) is 42.6 Å². The molecule has 1 aromatic carbocycles. The van der Waals surface area contributed by atoms with E-state index in [0.717, 1.165) is 38.0 Å². The highest BCUT2D eigenvalue weighted by Crippen LogP contribution is 2.22. The van der Waals surface area contributed by atoms with Crippen LogP contribution in [0.1, 0.15) is 53.5 Å². The Kier molecular flexibility index (Phi) is 6.06. The summed E-state index contributed by atoms with van der Waals surface area (Å²) in [6.07, 6.45) is 5.64. The van der Waals surface area contributed by atoms with Gasteiger partial charge in [-0.05, 0) is 62.1 Å². The van der Waals surface area contributed by atoms with Crippen LogP contribution in [0, 0.1) is 0 Å². The third-order valence-corrected chi connectivity index (χ3v) is 4.95. The molecule has 0 aliphatic carbocycles. The first kappa shape index (κ1) is 18.9. The topological polar surface area (TPSA) is 71.5 Å². The van der Waals surface area contributed by atoms with Gasteiger partial charge in [0.1, 0.15) is 11.4 Å². The molecule has 1 fully saturated rings. The van der Waals surface area contributed by atoms with E-state index in [2.05, 4.69) is 17.2 Å². The van der Waals surface area contributed by atoms with E-state index in [0.29, 0.717) is 16.9 Å². The molecule has 2 heterocycles. The van der Waals surface area contributed by atoms with Gasteiger partial charge in [0.05, 0.1) is 7.11 Å². The summed E-state index contributed by atoms with van der Waals surface area (Å²) in [6, 6.07) is 10.5. The first-order chi connectivity index (χ1) is 13.1. The fourth-order valence-electron chi connectivity index (χ4n) is 3.41. The number of pyridine rings is 1. The average Bonchev–Trinajstić information content (AvgIpc) is 2.73. The monoisotopic (exact) mass is 367 g/mol. The molecule has 1 atom stereocenters. The number of rotatable bonds is 5. The Bertz CT molecular complexity index is 805. The summed E-state index contributed by atoms with van der Waals surface area (Å²) in [5, 5.41) is 2.83. The molecule has 0 radical (unpaired) electrons. The number of nitrogens with one attached hydrogen (secondary N) is 1. The maximum Gasteiger partial charge on any atom is 0.272 e. The van der Waals surface area contributed by atoms with E-state index < -0.39 is 0 Å². The molecule has 3 rings (SSSR count).